The molecule has 2 aliphatic heterocycles. The Morgan fingerprint density at radius 2 is 1.84 bits per heavy atom. The molecule has 8 heteroatoms. The molecule has 5 rings (SSSR count). The second kappa shape index (κ2) is 8.84. The van der Waals surface area contributed by atoms with Crippen LogP contribution < -0.4 is 20.3 Å². The molecule has 0 aliphatic carbocycles. The molecule has 0 spiro atoms. The molecule has 2 aromatic carbocycles. The van der Waals surface area contributed by atoms with Gasteiger partial charge in [-0.25, -0.2) is 4.98 Å². The number of hydrogen-bond acceptors (Lipinski definition) is 7. The topological polar surface area (TPSA) is 65.5 Å². The van der Waals surface area contributed by atoms with Crippen molar-refractivity contribution in [3.05, 3.63) is 58.7 Å². The predicted octanol–water partition coefficient (Wildman–Crippen LogP) is 4.48. The van der Waals surface area contributed by atoms with Gasteiger partial charge in [-0.05, 0) is 61.3 Å². The van der Waals surface area contributed by atoms with E-state index in [0.717, 1.165) is 56.1 Å². The number of hydrogen-bond donors (Lipinski definition) is 2. The van der Waals surface area contributed by atoms with Crippen LogP contribution in [0.1, 0.15) is 11.1 Å². The Labute approximate surface area is 193 Å². The van der Waals surface area contributed by atoms with E-state index < -0.39 is 0 Å². The Hall–Kier alpha value is -3.03. The van der Waals surface area contributed by atoms with Gasteiger partial charge < -0.3 is 25.2 Å². The first-order valence-corrected chi connectivity index (χ1v) is 11.3. The minimum Gasteiger partial charge on any atom is -0.495 e. The number of rotatable bonds is 2. The van der Waals surface area contributed by atoms with Gasteiger partial charge in [-0.2, -0.15) is 4.98 Å². The molecule has 6 bridgehead atoms. The molecule has 0 atom stereocenters. The first-order chi connectivity index (χ1) is 15.6. The lowest BCUT2D eigenvalue weighted by Gasteiger charge is -2.35. The predicted molar refractivity (Wildman–Crippen MR) is 130 cm³/mol. The van der Waals surface area contributed by atoms with E-state index in [2.05, 4.69) is 67.8 Å². The number of piperazine rings is 1. The zero-order chi connectivity index (χ0) is 22.1. The summed E-state index contributed by atoms with van der Waals surface area (Å²) in [5, 5.41) is 7.12. The van der Waals surface area contributed by atoms with Crippen LogP contribution in [0.4, 0.5) is 28.8 Å². The van der Waals surface area contributed by atoms with Gasteiger partial charge in [0.25, 0.3) is 0 Å². The quantitative estimate of drug-likeness (QED) is 0.596. The minimum atomic E-state index is 0.448. The standard InChI is InChI=1S/C24H27ClN6O/c1-30-9-11-31(12-10-30)21-7-6-18-14-17(21)5-3-16-4-8-22(32-2)20(13-16)28-23-19(25)15-26-24(27-18)29-23/h4,6-8,13-15H,3,5,9-12H2,1-2H3,(H2,26,27,28,29). The van der Waals surface area contributed by atoms with E-state index in [9.17, 15) is 0 Å². The number of aryl methyl sites for hydroxylation is 2. The van der Waals surface area contributed by atoms with Crippen LogP contribution >= 0.6 is 11.6 Å². The molecule has 0 saturated carbocycles. The van der Waals surface area contributed by atoms with Crippen molar-refractivity contribution in [1.82, 2.24) is 14.9 Å². The molecular formula is C24H27ClN6O. The Morgan fingerprint density at radius 1 is 1.00 bits per heavy atom. The van der Waals surface area contributed by atoms with Crippen molar-refractivity contribution in [3.63, 3.8) is 0 Å². The smallest absolute Gasteiger partial charge is 0.229 e. The van der Waals surface area contributed by atoms with Crippen LogP contribution in [0.2, 0.25) is 5.02 Å². The van der Waals surface area contributed by atoms with E-state index >= 15 is 0 Å². The molecule has 3 aromatic rings. The largest absolute Gasteiger partial charge is 0.495 e. The lowest BCUT2D eigenvalue weighted by molar-refractivity contribution is 0.312. The number of likely N-dealkylation sites (N-methyl/N-ethyl adjacent to an activating group) is 1. The molecule has 3 heterocycles. The normalized spacial score (nSPS) is 16.2. The fourth-order valence-electron chi connectivity index (χ4n) is 4.28. The number of anilines is 5. The third kappa shape index (κ3) is 4.31. The highest BCUT2D eigenvalue weighted by molar-refractivity contribution is 6.32. The highest BCUT2D eigenvalue weighted by atomic mass is 35.5. The minimum absolute atomic E-state index is 0.448. The number of fused-ring (bicyclic) bond motifs is 6. The maximum absolute atomic E-state index is 6.38. The van der Waals surface area contributed by atoms with Crippen molar-refractivity contribution in [2.24, 2.45) is 0 Å². The molecule has 2 aliphatic rings. The second-order valence-corrected chi connectivity index (χ2v) is 8.72. The Bertz CT molecular complexity index is 1130. The molecule has 1 saturated heterocycles. The average molecular weight is 451 g/mol. The van der Waals surface area contributed by atoms with Crippen molar-refractivity contribution in [1.29, 1.82) is 0 Å². The van der Waals surface area contributed by atoms with Crippen molar-refractivity contribution < 1.29 is 4.74 Å². The van der Waals surface area contributed by atoms with Crippen LogP contribution in [0.3, 0.4) is 0 Å². The Morgan fingerprint density at radius 3 is 2.66 bits per heavy atom. The summed E-state index contributed by atoms with van der Waals surface area (Å²) in [5.41, 5.74) is 5.65. The number of halogens is 1. The molecule has 2 N–H and O–H groups in total. The van der Waals surface area contributed by atoms with Crippen LogP contribution in [-0.2, 0) is 12.8 Å². The molecule has 7 nitrogen and oxygen atoms in total. The molecule has 32 heavy (non-hydrogen) atoms. The number of nitrogens with one attached hydrogen (secondary N) is 2. The van der Waals surface area contributed by atoms with Crippen molar-refractivity contribution in [3.8, 4) is 5.75 Å². The highest BCUT2D eigenvalue weighted by Gasteiger charge is 2.18. The van der Waals surface area contributed by atoms with E-state index in [0.29, 0.717) is 16.8 Å². The van der Waals surface area contributed by atoms with Crippen LogP contribution in [0.5, 0.6) is 5.75 Å². The van der Waals surface area contributed by atoms with Gasteiger partial charge in [0.05, 0.1) is 19.0 Å². The first-order valence-electron chi connectivity index (χ1n) is 10.9. The highest BCUT2D eigenvalue weighted by Crippen LogP contribution is 2.34. The van der Waals surface area contributed by atoms with E-state index in [-0.39, 0.29) is 0 Å². The molecule has 0 amide bonds. The van der Waals surface area contributed by atoms with E-state index in [1.165, 1.54) is 16.8 Å². The van der Waals surface area contributed by atoms with Gasteiger partial charge in [0.15, 0.2) is 5.82 Å². The monoisotopic (exact) mass is 450 g/mol. The second-order valence-electron chi connectivity index (χ2n) is 8.31. The number of nitrogens with zero attached hydrogens (tertiary/aromatic N) is 4. The summed E-state index contributed by atoms with van der Waals surface area (Å²) in [4.78, 5) is 13.8. The number of aromatic nitrogens is 2. The summed E-state index contributed by atoms with van der Waals surface area (Å²) in [6.07, 6.45) is 3.46. The summed E-state index contributed by atoms with van der Waals surface area (Å²) in [7, 11) is 3.85. The van der Waals surface area contributed by atoms with Gasteiger partial charge in [0, 0.05) is 37.6 Å². The van der Waals surface area contributed by atoms with Gasteiger partial charge >= 0.3 is 0 Å². The lowest BCUT2D eigenvalue weighted by Crippen LogP contribution is -2.44. The first kappa shape index (κ1) is 20.8. The molecular weight excluding hydrogens is 424 g/mol. The van der Waals surface area contributed by atoms with E-state index in [4.69, 9.17) is 16.3 Å². The summed E-state index contributed by atoms with van der Waals surface area (Å²) < 4.78 is 5.56. The van der Waals surface area contributed by atoms with Crippen molar-refractivity contribution >= 4 is 40.4 Å². The molecule has 1 fully saturated rings. The summed E-state index contributed by atoms with van der Waals surface area (Å²) >= 11 is 6.38. The van der Waals surface area contributed by atoms with E-state index in [1.54, 1.807) is 13.3 Å². The molecule has 166 valence electrons. The summed E-state index contributed by atoms with van der Waals surface area (Å²) in [6.45, 7) is 4.23. The zero-order valence-corrected chi connectivity index (χ0v) is 19.1. The fraction of sp³-hybridized carbons (Fsp3) is 0.333. The van der Waals surface area contributed by atoms with Crippen LogP contribution in [0, 0.1) is 0 Å². The number of benzene rings is 2. The lowest BCUT2D eigenvalue weighted by atomic mass is 10.0. The molecule has 0 radical (unpaired) electrons. The Balaban J connectivity index is 1.57. The van der Waals surface area contributed by atoms with Crippen LogP contribution in [-0.4, -0.2) is 55.2 Å². The average Bonchev–Trinajstić information content (AvgIpc) is 2.81. The number of methoxy groups -OCH3 is 1. The van der Waals surface area contributed by atoms with Gasteiger partial charge in [-0.1, -0.05) is 17.7 Å². The maximum atomic E-state index is 6.38. The third-order valence-electron chi connectivity index (χ3n) is 6.12. The van der Waals surface area contributed by atoms with Gasteiger partial charge in [0.2, 0.25) is 5.95 Å². The summed E-state index contributed by atoms with van der Waals surface area (Å²) in [6, 6.07) is 12.8. The van der Waals surface area contributed by atoms with Crippen LogP contribution in [0.15, 0.2) is 42.6 Å². The van der Waals surface area contributed by atoms with Crippen molar-refractivity contribution in [2.75, 3.05) is 55.9 Å². The maximum Gasteiger partial charge on any atom is 0.229 e. The fourth-order valence-corrected chi connectivity index (χ4v) is 4.42. The van der Waals surface area contributed by atoms with Crippen LogP contribution in [0.25, 0.3) is 0 Å². The number of ether oxygens (including phenoxy) is 1. The zero-order valence-electron chi connectivity index (χ0n) is 18.4. The SMILES string of the molecule is COc1ccc2cc1Nc1nc(ncc1Cl)Nc1ccc(N3CCN(C)CC3)c(c1)CC2. The van der Waals surface area contributed by atoms with Crippen molar-refractivity contribution in [2.45, 2.75) is 12.8 Å². The summed E-state index contributed by atoms with van der Waals surface area (Å²) in [5.74, 6) is 1.77. The third-order valence-corrected chi connectivity index (χ3v) is 6.40. The molecule has 1 aromatic heterocycles. The molecule has 0 unspecified atom stereocenters. The van der Waals surface area contributed by atoms with Gasteiger partial charge in [-0.15, -0.1) is 0 Å². The van der Waals surface area contributed by atoms with Gasteiger partial charge in [0.1, 0.15) is 10.8 Å². The Kier molecular flexibility index (Phi) is 5.76. The van der Waals surface area contributed by atoms with Gasteiger partial charge in [-0.3, -0.25) is 0 Å². The van der Waals surface area contributed by atoms with E-state index in [1.807, 2.05) is 6.07 Å².